The van der Waals surface area contributed by atoms with Gasteiger partial charge in [0, 0.05) is 7.05 Å². The van der Waals surface area contributed by atoms with E-state index in [1.165, 1.54) is 0 Å². The number of carbonyl (C=O) groups excluding carboxylic acids is 1. The number of carbonyl (C=O) groups is 1. The van der Waals surface area contributed by atoms with E-state index in [0.29, 0.717) is 12.2 Å². The van der Waals surface area contributed by atoms with Crippen LogP contribution in [-0.4, -0.2) is 76.8 Å². The number of amides is 1. The molecule has 1 amide bonds. The van der Waals surface area contributed by atoms with E-state index in [-0.39, 0.29) is 12.5 Å². The number of nitrogens with one attached hydrogen (secondary N) is 1. The molecule has 0 spiro atoms. The normalized spacial score (nSPS) is 30.9. The maximum Gasteiger partial charge on any atom is 0.234 e. The average molecular weight is 526 g/mol. The minimum absolute atomic E-state index is 0.0679. The van der Waals surface area contributed by atoms with Gasteiger partial charge in [0.2, 0.25) is 12.2 Å². The lowest BCUT2D eigenvalue weighted by atomic mass is 9.77. The number of rotatable bonds is 9. The summed E-state index contributed by atoms with van der Waals surface area (Å²) < 4.78 is 17.3. The first kappa shape index (κ1) is 28.0. The minimum atomic E-state index is -2.12. The van der Waals surface area contributed by atoms with E-state index < -0.39 is 48.8 Å². The molecule has 1 aliphatic heterocycles. The molecular weight excluding hydrogens is 490 g/mol. The number of allylic oxidation sites excluding steroid dienone is 3. The Balaban J connectivity index is 1.49. The summed E-state index contributed by atoms with van der Waals surface area (Å²) in [4.78, 5) is 12.3. The van der Waals surface area contributed by atoms with E-state index in [4.69, 9.17) is 14.2 Å². The molecule has 1 aliphatic carbocycles. The molecule has 5 N–H and O–H groups in total. The first-order chi connectivity index (χ1) is 18.2. The number of aliphatic hydroxyl groups excluding tert-OH is 3. The lowest BCUT2D eigenvalue weighted by Crippen LogP contribution is -2.69. The van der Waals surface area contributed by atoms with E-state index in [9.17, 15) is 25.2 Å². The predicted molar refractivity (Wildman–Crippen MR) is 140 cm³/mol. The van der Waals surface area contributed by atoms with Gasteiger partial charge in [-0.15, -0.1) is 0 Å². The molecule has 1 heterocycles. The van der Waals surface area contributed by atoms with Crippen molar-refractivity contribution in [3.63, 3.8) is 0 Å². The molecule has 0 aromatic heterocycles. The van der Waals surface area contributed by atoms with E-state index in [2.05, 4.69) is 5.32 Å². The molecule has 1 unspecified atom stereocenters. The molecule has 1 saturated heterocycles. The van der Waals surface area contributed by atoms with E-state index in [0.717, 1.165) is 16.7 Å². The Morgan fingerprint density at radius 3 is 2.50 bits per heavy atom. The van der Waals surface area contributed by atoms with Crippen LogP contribution in [0.2, 0.25) is 0 Å². The van der Waals surface area contributed by atoms with Crippen LogP contribution in [0, 0.1) is 5.41 Å². The summed E-state index contributed by atoms with van der Waals surface area (Å²) >= 11 is 0. The Morgan fingerprint density at radius 2 is 1.84 bits per heavy atom. The molecule has 0 bridgehead atoms. The third kappa shape index (κ3) is 5.83. The van der Waals surface area contributed by atoms with Crippen LogP contribution in [0.3, 0.4) is 0 Å². The molecule has 0 saturated carbocycles. The van der Waals surface area contributed by atoms with Gasteiger partial charge < -0.3 is 40.0 Å². The highest BCUT2D eigenvalue weighted by Gasteiger charge is 2.56. The number of ether oxygens (including phenoxy) is 3. The van der Waals surface area contributed by atoms with Crippen LogP contribution in [-0.2, 0) is 20.9 Å². The number of hydrogen-bond acceptors (Lipinski definition) is 8. The van der Waals surface area contributed by atoms with Crippen molar-refractivity contribution in [3.05, 3.63) is 84.0 Å². The van der Waals surface area contributed by atoms with Crippen molar-refractivity contribution in [2.75, 3.05) is 20.3 Å². The van der Waals surface area contributed by atoms with Crippen molar-refractivity contribution in [1.29, 1.82) is 0 Å². The Morgan fingerprint density at radius 1 is 1.13 bits per heavy atom. The highest BCUT2D eigenvalue weighted by Crippen LogP contribution is 2.37. The monoisotopic (exact) mass is 525 g/mol. The standard InChI is InChI=1S/C29H35NO8/c1-28(26(34)30-2)14-6-9-21(15-28)20-10-12-22(13-11-20)37-27-29(35,25(33)24(32)23(16-31)38-27)18-36-17-19-7-4-3-5-8-19/h3-14,23-25,27,31-33,35H,15-18H2,1-2H3,(H,30,34)/t23-,24-,25+,27+,28?,29+/m1/s1. The van der Waals surface area contributed by atoms with Gasteiger partial charge in [-0.1, -0.05) is 60.7 Å². The van der Waals surface area contributed by atoms with Crippen molar-refractivity contribution < 1.29 is 39.4 Å². The zero-order chi connectivity index (χ0) is 27.3. The summed E-state index contributed by atoms with van der Waals surface area (Å²) in [5.41, 5.74) is -0.0417. The van der Waals surface area contributed by atoms with Gasteiger partial charge in [0.1, 0.15) is 24.1 Å². The fourth-order valence-electron chi connectivity index (χ4n) is 4.74. The first-order valence-corrected chi connectivity index (χ1v) is 12.5. The van der Waals surface area contributed by atoms with Crippen molar-refractivity contribution >= 4 is 11.5 Å². The fourth-order valence-corrected chi connectivity index (χ4v) is 4.74. The molecule has 4 rings (SSSR count). The van der Waals surface area contributed by atoms with E-state index >= 15 is 0 Å². The van der Waals surface area contributed by atoms with Gasteiger partial charge in [0.25, 0.3) is 0 Å². The van der Waals surface area contributed by atoms with Crippen LogP contribution in [0.1, 0.15) is 24.5 Å². The van der Waals surface area contributed by atoms with Crippen LogP contribution in [0.15, 0.2) is 72.8 Å². The lowest BCUT2D eigenvalue weighted by Gasteiger charge is -2.47. The van der Waals surface area contributed by atoms with Crippen LogP contribution in [0.5, 0.6) is 5.75 Å². The molecule has 2 aromatic carbocycles. The summed E-state index contributed by atoms with van der Waals surface area (Å²) in [6, 6.07) is 16.3. The molecule has 2 aromatic rings. The van der Waals surface area contributed by atoms with Gasteiger partial charge in [-0.2, -0.15) is 0 Å². The highest BCUT2D eigenvalue weighted by atomic mass is 16.7. The molecule has 1 fully saturated rings. The Kier molecular flexibility index (Phi) is 8.67. The molecule has 0 radical (unpaired) electrons. The Hall–Kier alpha value is -3.05. The van der Waals surface area contributed by atoms with Gasteiger partial charge in [-0.05, 0) is 42.2 Å². The second kappa shape index (κ2) is 11.8. The molecule has 204 valence electrons. The van der Waals surface area contributed by atoms with Gasteiger partial charge in [-0.3, -0.25) is 4.79 Å². The lowest BCUT2D eigenvalue weighted by molar-refractivity contribution is -0.330. The summed E-state index contributed by atoms with van der Waals surface area (Å²) in [7, 11) is 1.62. The number of aliphatic hydroxyl groups is 4. The highest BCUT2D eigenvalue weighted by molar-refractivity contribution is 5.88. The van der Waals surface area contributed by atoms with Gasteiger partial charge in [-0.25, -0.2) is 0 Å². The zero-order valence-corrected chi connectivity index (χ0v) is 21.5. The molecular formula is C29H35NO8. The Labute approximate surface area is 222 Å². The second-order valence-corrected chi connectivity index (χ2v) is 9.96. The zero-order valence-electron chi connectivity index (χ0n) is 21.5. The van der Waals surface area contributed by atoms with Crippen LogP contribution in [0.25, 0.3) is 5.57 Å². The van der Waals surface area contributed by atoms with Crippen LogP contribution >= 0.6 is 0 Å². The summed E-state index contributed by atoms with van der Waals surface area (Å²) in [5.74, 6) is 0.267. The van der Waals surface area contributed by atoms with Crippen LogP contribution < -0.4 is 10.1 Å². The summed E-state index contributed by atoms with van der Waals surface area (Å²) in [6.07, 6.45) is 0.381. The first-order valence-electron chi connectivity index (χ1n) is 12.5. The number of hydrogen-bond donors (Lipinski definition) is 5. The Bertz CT molecular complexity index is 1150. The maximum atomic E-state index is 12.3. The molecule has 38 heavy (non-hydrogen) atoms. The molecule has 9 heteroatoms. The fraction of sp³-hybridized carbons (Fsp3) is 0.414. The number of benzene rings is 2. The van der Waals surface area contributed by atoms with Gasteiger partial charge in [0.05, 0.1) is 25.2 Å². The van der Waals surface area contributed by atoms with Crippen molar-refractivity contribution in [2.45, 2.75) is 50.2 Å². The minimum Gasteiger partial charge on any atom is -0.462 e. The summed E-state index contributed by atoms with van der Waals surface area (Å²) in [5, 5.41) is 44.9. The van der Waals surface area contributed by atoms with Crippen LogP contribution in [0.4, 0.5) is 0 Å². The largest absolute Gasteiger partial charge is 0.462 e. The van der Waals surface area contributed by atoms with E-state index in [1.54, 1.807) is 19.2 Å². The SMILES string of the molecule is CNC(=O)C1(C)C=CC=C(c2ccc(O[C@H]3O[C@H](CO)[C@@H](O)[C@H](O)[C@@]3(O)COCc3ccccc3)cc2)C1. The van der Waals surface area contributed by atoms with Gasteiger partial charge >= 0.3 is 0 Å². The van der Waals surface area contributed by atoms with Crippen molar-refractivity contribution in [1.82, 2.24) is 5.32 Å². The smallest absolute Gasteiger partial charge is 0.234 e. The predicted octanol–water partition coefficient (Wildman–Crippen LogP) is 1.55. The quantitative estimate of drug-likeness (QED) is 0.333. The molecule has 6 atom stereocenters. The maximum absolute atomic E-state index is 12.3. The molecule has 9 nitrogen and oxygen atoms in total. The average Bonchev–Trinajstić information content (AvgIpc) is 2.94. The van der Waals surface area contributed by atoms with Crippen molar-refractivity contribution in [2.24, 2.45) is 5.41 Å². The van der Waals surface area contributed by atoms with Crippen molar-refractivity contribution in [3.8, 4) is 5.75 Å². The third-order valence-corrected chi connectivity index (χ3v) is 7.08. The third-order valence-electron chi connectivity index (χ3n) is 7.08. The second-order valence-electron chi connectivity index (χ2n) is 9.96. The molecule has 2 aliphatic rings. The topological polar surface area (TPSA) is 138 Å². The summed E-state index contributed by atoms with van der Waals surface area (Å²) in [6.45, 7) is 1.07. The van der Waals surface area contributed by atoms with E-state index in [1.807, 2.05) is 67.6 Å². The van der Waals surface area contributed by atoms with Gasteiger partial charge in [0.15, 0.2) is 5.60 Å².